The monoisotopic (exact) mass is 259 g/mol. The number of nitrogens with two attached hydrogens (primary N) is 1. The van der Waals surface area contributed by atoms with Crippen LogP contribution in [0.3, 0.4) is 0 Å². The molecule has 0 aromatic heterocycles. The van der Waals surface area contributed by atoms with Crippen LogP contribution in [0.4, 0.5) is 10.5 Å². The first-order valence-electron chi connectivity index (χ1n) is 6.79. The van der Waals surface area contributed by atoms with E-state index < -0.39 is 0 Å². The molecule has 1 aliphatic rings. The van der Waals surface area contributed by atoms with Gasteiger partial charge >= 0.3 is 6.03 Å². The van der Waals surface area contributed by atoms with Crippen molar-refractivity contribution in [3.8, 4) is 0 Å². The fourth-order valence-corrected chi connectivity index (χ4v) is 2.25. The number of anilines is 1. The molecule has 102 valence electrons. The zero-order valence-corrected chi connectivity index (χ0v) is 11.0. The van der Waals surface area contributed by atoms with Gasteiger partial charge < -0.3 is 16.4 Å². The minimum absolute atomic E-state index is 0.0199. The second-order valence-corrected chi connectivity index (χ2v) is 4.86. The average Bonchev–Trinajstić information content (AvgIpc) is 2.40. The van der Waals surface area contributed by atoms with Crippen LogP contribution in [0.5, 0.6) is 0 Å². The minimum atomic E-state index is -0.184. The highest BCUT2D eigenvalue weighted by Crippen LogP contribution is 2.12. The molecule has 1 aliphatic carbocycles. The maximum atomic E-state index is 11.9. The van der Waals surface area contributed by atoms with Crippen LogP contribution >= 0.6 is 0 Å². The van der Waals surface area contributed by atoms with Crippen molar-refractivity contribution in [2.24, 2.45) is 5.73 Å². The molecule has 2 rings (SSSR count). The Morgan fingerprint density at radius 3 is 2.53 bits per heavy atom. The van der Waals surface area contributed by atoms with E-state index in [1.165, 1.54) is 0 Å². The number of amides is 2. The lowest BCUT2D eigenvalue weighted by atomic mass is 9.96. The maximum Gasteiger partial charge on any atom is 0.319 e. The van der Waals surface area contributed by atoms with E-state index in [1.807, 2.05) is 30.3 Å². The minimum Gasteiger partial charge on any atom is -0.334 e. The summed E-state index contributed by atoms with van der Waals surface area (Å²) >= 11 is 0. The van der Waals surface area contributed by atoms with Crippen molar-refractivity contribution < 1.29 is 4.79 Å². The van der Waals surface area contributed by atoms with E-state index in [0.717, 1.165) is 31.4 Å². The molecule has 0 fully saturated rings. The number of carbonyl (C=O) groups excluding carboxylic acids is 1. The van der Waals surface area contributed by atoms with E-state index in [0.29, 0.717) is 0 Å². The molecule has 1 aromatic rings. The molecule has 0 heterocycles. The highest BCUT2D eigenvalue weighted by Gasteiger charge is 2.19. The van der Waals surface area contributed by atoms with Crippen molar-refractivity contribution >= 4 is 11.7 Å². The molecule has 0 radical (unpaired) electrons. The Bertz CT molecular complexity index is 430. The highest BCUT2D eigenvalue weighted by molar-refractivity contribution is 5.89. The molecule has 0 saturated carbocycles. The first-order chi connectivity index (χ1) is 9.25. The highest BCUT2D eigenvalue weighted by atomic mass is 16.2. The number of hydrogen-bond acceptors (Lipinski definition) is 2. The standard InChI is InChI=1S/C15H21N3O/c16-13-10-6-1-2-7-11-14(13)18-15(19)17-12-8-4-3-5-9-12/h1-5,8-9,13-14H,6-7,10-11,16H2,(H2,17,18,19). The van der Waals surface area contributed by atoms with Crippen LogP contribution in [0.25, 0.3) is 0 Å². The first kappa shape index (κ1) is 13.6. The Hall–Kier alpha value is -1.81. The van der Waals surface area contributed by atoms with Gasteiger partial charge in [-0.2, -0.15) is 0 Å². The van der Waals surface area contributed by atoms with Gasteiger partial charge in [-0.1, -0.05) is 30.4 Å². The van der Waals surface area contributed by atoms with Gasteiger partial charge in [-0.25, -0.2) is 4.79 Å². The molecule has 0 spiro atoms. The number of urea groups is 1. The summed E-state index contributed by atoms with van der Waals surface area (Å²) in [5.74, 6) is 0. The van der Waals surface area contributed by atoms with Crippen molar-refractivity contribution in [1.82, 2.24) is 5.32 Å². The van der Waals surface area contributed by atoms with Crippen LogP contribution in [0, 0.1) is 0 Å². The van der Waals surface area contributed by atoms with Gasteiger partial charge in [0, 0.05) is 17.8 Å². The van der Waals surface area contributed by atoms with E-state index in [4.69, 9.17) is 5.73 Å². The van der Waals surface area contributed by atoms with Gasteiger partial charge in [-0.3, -0.25) is 0 Å². The van der Waals surface area contributed by atoms with Crippen LogP contribution in [-0.2, 0) is 0 Å². The number of nitrogens with one attached hydrogen (secondary N) is 2. The SMILES string of the molecule is NC1CCC=CCCC1NC(=O)Nc1ccccc1. The largest absolute Gasteiger partial charge is 0.334 e. The summed E-state index contributed by atoms with van der Waals surface area (Å²) in [5.41, 5.74) is 6.90. The van der Waals surface area contributed by atoms with Gasteiger partial charge in [-0.15, -0.1) is 0 Å². The number of hydrogen-bond donors (Lipinski definition) is 3. The summed E-state index contributed by atoms with van der Waals surface area (Å²) in [6.07, 6.45) is 8.08. The van der Waals surface area contributed by atoms with Gasteiger partial charge in [0.1, 0.15) is 0 Å². The van der Waals surface area contributed by atoms with E-state index in [9.17, 15) is 4.79 Å². The van der Waals surface area contributed by atoms with E-state index in [2.05, 4.69) is 22.8 Å². The van der Waals surface area contributed by atoms with Crippen LogP contribution in [-0.4, -0.2) is 18.1 Å². The fraction of sp³-hybridized carbons (Fsp3) is 0.400. The van der Waals surface area contributed by atoms with Gasteiger partial charge in [0.2, 0.25) is 0 Å². The molecule has 19 heavy (non-hydrogen) atoms. The van der Waals surface area contributed by atoms with Crippen molar-refractivity contribution in [2.45, 2.75) is 37.8 Å². The number of benzene rings is 1. The van der Waals surface area contributed by atoms with Crippen LogP contribution in [0.2, 0.25) is 0 Å². The van der Waals surface area contributed by atoms with Gasteiger partial charge in [0.25, 0.3) is 0 Å². The Balaban J connectivity index is 1.88. The van der Waals surface area contributed by atoms with Crippen molar-refractivity contribution in [2.75, 3.05) is 5.32 Å². The third-order valence-corrected chi connectivity index (χ3v) is 3.34. The average molecular weight is 259 g/mol. The number of allylic oxidation sites excluding steroid dienone is 2. The second kappa shape index (κ2) is 6.95. The molecule has 1 aromatic carbocycles. The zero-order chi connectivity index (χ0) is 13.5. The summed E-state index contributed by atoms with van der Waals surface area (Å²) in [6, 6.07) is 9.29. The maximum absolute atomic E-state index is 11.9. The topological polar surface area (TPSA) is 67.1 Å². The third kappa shape index (κ3) is 4.41. The Labute approximate surface area is 114 Å². The van der Waals surface area contributed by atoms with Gasteiger partial charge in [0.05, 0.1) is 0 Å². The molecule has 4 N–H and O–H groups in total. The normalized spacial score (nSPS) is 23.2. The van der Waals surface area contributed by atoms with Gasteiger partial charge in [0.15, 0.2) is 0 Å². The lowest BCUT2D eigenvalue weighted by molar-refractivity contribution is 0.244. The number of rotatable bonds is 2. The molecule has 0 saturated heterocycles. The molecule has 2 amide bonds. The smallest absolute Gasteiger partial charge is 0.319 e. The van der Waals surface area contributed by atoms with Gasteiger partial charge in [-0.05, 0) is 37.8 Å². The second-order valence-electron chi connectivity index (χ2n) is 4.86. The zero-order valence-electron chi connectivity index (χ0n) is 11.0. The molecule has 4 nitrogen and oxygen atoms in total. The fourth-order valence-electron chi connectivity index (χ4n) is 2.25. The summed E-state index contributed by atoms with van der Waals surface area (Å²) < 4.78 is 0. The third-order valence-electron chi connectivity index (χ3n) is 3.34. The molecule has 2 atom stereocenters. The van der Waals surface area contributed by atoms with Crippen LogP contribution in [0.1, 0.15) is 25.7 Å². The number of para-hydroxylation sites is 1. The lowest BCUT2D eigenvalue weighted by Crippen LogP contribution is -2.49. The molecule has 2 unspecified atom stereocenters. The van der Waals surface area contributed by atoms with Crippen LogP contribution in [0.15, 0.2) is 42.5 Å². The van der Waals surface area contributed by atoms with E-state index in [-0.39, 0.29) is 18.1 Å². The molecule has 4 heteroatoms. The van der Waals surface area contributed by atoms with E-state index >= 15 is 0 Å². The summed E-state index contributed by atoms with van der Waals surface area (Å²) in [7, 11) is 0. The first-order valence-corrected chi connectivity index (χ1v) is 6.79. The summed E-state index contributed by atoms with van der Waals surface area (Å²) in [5, 5.41) is 5.80. The summed E-state index contributed by atoms with van der Waals surface area (Å²) in [4.78, 5) is 11.9. The van der Waals surface area contributed by atoms with Crippen molar-refractivity contribution in [3.05, 3.63) is 42.5 Å². The van der Waals surface area contributed by atoms with Crippen molar-refractivity contribution in [1.29, 1.82) is 0 Å². The number of carbonyl (C=O) groups is 1. The molecular formula is C15H21N3O. The lowest BCUT2D eigenvalue weighted by Gasteiger charge is -2.25. The quantitative estimate of drug-likeness (QED) is 0.715. The molecular weight excluding hydrogens is 238 g/mol. The van der Waals surface area contributed by atoms with E-state index in [1.54, 1.807) is 0 Å². The molecule has 0 aliphatic heterocycles. The van der Waals surface area contributed by atoms with Crippen LogP contribution < -0.4 is 16.4 Å². The Kier molecular flexibility index (Phi) is 4.98. The predicted molar refractivity (Wildman–Crippen MR) is 78.0 cm³/mol. The predicted octanol–water partition coefficient (Wildman–Crippen LogP) is 2.63. The summed E-state index contributed by atoms with van der Waals surface area (Å²) in [6.45, 7) is 0. The Morgan fingerprint density at radius 2 is 1.79 bits per heavy atom. The van der Waals surface area contributed by atoms with Crippen molar-refractivity contribution in [3.63, 3.8) is 0 Å². The molecule has 0 bridgehead atoms. The Morgan fingerprint density at radius 1 is 1.11 bits per heavy atom.